The Morgan fingerprint density at radius 3 is 2.44 bits per heavy atom. The van der Waals surface area contributed by atoms with Gasteiger partial charge in [-0.3, -0.25) is 0 Å². The molecule has 9 heteroatoms. The van der Waals surface area contributed by atoms with E-state index in [1.54, 1.807) is 31.2 Å². The fourth-order valence-electron chi connectivity index (χ4n) is 1.94. The number of aromatic nitrogens is 2. The van der Waals surface area contributed by atoms with Gasteiger partial charge in [0.2, 0.25) is 5.95 Å². The molecule has 2 aromatic rings. The summed E-state index contributed by atoms with van der Waals surface area (Å²) in [6, 6.07) is 7.08. The summed E-state index contributed by atoms with van der Waals surface area (Å²) in [5.41, 5.74) is -0.528. The Morgan fingerprint density at radius 2 is 1.88 bits per heavy atom. The summed E-state index contributed by atoms with van der Waals surface area (Å²) in [7, 11) is 0. The van der Waals surface area contributed by atoms with Crippen molar-refractivity contribution in [1.29, 1.82) is 0 Å². The summed E-state index contributed by atoms with van der Waals surface area (Å²) >= 11 is 0. The molecule has 0 bridgehead atoms. The number of benzene rings is 1. The largest absolute Gasteiger partial charge is 0.494 e. The zero-order valence-corrected chi connectivity index (χ0v) is 13.8. The van der Waals surface area contributed by atoms with E-state index in [0.29, 0.717) is 18.0 Å². The van der Waals surface area contributed by atoms with Crippen LogP contribution in [0.3, 0.4) is 0 Å². The van der Waals surface area contributed by atoms with Crippen LogP contribution in [0.5, 0.6) is 5.75 Å². The third-order valence-corrected chi connectivity index (χ3v) is 3.10. The van der Waals surface area contributed by atoms with Gasteiger partial charge >= 0.3 is 6.18 Å². The normalized spacial score (nSPS) is 12.6. The Kier molecular flexibility index (Phi) is 6.02. The fraction of sp³-hybridized carbons (Fsp3) is 0.375. The van der Waals surface area contributed by atoms with E-state index in [2.05, 4.69) is 20.6 Å². The van der Waals surface area contributed by atoms with Crippen LogP contribution in [0.1, 0.15) is 19.5 Å². The van der Waals surface area contributed by atoms with Gasteiger partial charge in [-0.1, -0.05) is 0 Å². The van der Waals surface area contributed by atoms with Gasteiger partial charge in [-0.2, -0.15) is 18.2 Å². The minimum absolute atomic E-state index is 0.0147. The Hall–Kier alpha value is -2.55. The molecular weight excluding hydrogens is 337 g/mol. The van der Waals surface area contributed by atoms with Crippen LogP contribution in [0.4, 0.5) is 30.6 Å². The average molecular weight is 356 g/mol. The predicted molar refractivity (Wildman–Crippen MR) is 88.1 cm³/mol. The van der Waals surface area contributed by atoms with E-state index in [4.69, 9.17) is 9.84 Å². The molecule has 1 atom stereocenters. The quantitative estimate of drug-likeness (QED) is 0.705. The molecule has 0 aliphatic heterocycles. The number of nitrogens with zero attached hydrogens (tertiary/aromatic N) is 2. The maximum Gasteiger partial charge on any atom is 0.433 e. The van der Waals surface area contributed by atoms with Gasteiger partial charge in [0, 0.05) is 17.8 Å². The van der Waals surface area contributed by atoms with Crippen molar-refractivity contribution >= 4 is 17.5 Å². The SMILES string of the molecule is CCOc1ccc(Nc2cc(C(F)(F)F)nc(N[C@@H](C)CO)n2)cc1. The lowest BCUT2D eigenvalue weighted by molar-refractivity contribution is -0.141. The molecule has 0 saturated carbocycles. The molecule has 6 nitrogen and oxygen atoms in total. The van der Waals surface area contributed by atoms with Crippen LogP contribution in [-0.4, -0.2) is 34.3 Å². The highest BCUT2D eigenvalue weighted by Gasteiger charge is 2.33. The first-order valence-electron chi connectivity index (χ1n) is 7.65. The minimum atomic E-state index is -4.61. The van der Waals surface area contributed by atoms with Crippen molar-refractivity contribution in [3.8, 4) is 5.75 Å². The van der Waals surface area contributed by atoms with E-state index in [0.717, 1.165) is 6.07 Å². The van der Waals surface area contributed by atoms with Crippen molar-refractivity contribution in [1.82, 2.24) is 9.97 Å². The maximum absolute atomic E-state index is 13.0. The van der Waals surface area contributed by atoms with Crippen LogP contribution in [0.2, 0.25) is 0 Å². The number of hydrogen-bond acceptors (Lipinski definition) is 6. The molecule has 2 rings (SSSR count). The molecule has 0 spiro atoms. The highest BCUT2D eigenvalue weighted by Crippen LogP contribution is 2.30. The number of nitrogens with one attached hydrogen (secondary N) is 2. The first-order valence-corrected chi connectivity index (χ1v) is 7.65. The second-order valence-electron chi connectivity index (χ2n) is 5.27. The Balaban J connectivity index is 2.27. The zero-order chi connectivity index (χ0) is 18.4. The van der Waals surface area contributed by atoms with Gasteiger partial charge < -0.3 is 20.5 Å². The highest BCUT2D eigenvalue weighted by molar-refractivity contribution is 5.58. The maximum atomic E-state index is 13.0. The van der Waals surface area contributed by atoms with E-state index in [1.165, 1.54) is 0 Å². The molecule has 0 saturated heterocycles. The lowest BCUT2D eigenvalue weighted by Gasteiger charge is -2.15. The van der Waals surface area contributed by atoms with Gasteiger partial charge in [0.25, 0.3) is 0 Å². The molecule has 0 unspecified atom stereocenters. The topological polar surface area (TPSA) is 79.3 Å². The first-order chi connectivity index (χ1) is 11.8. The van der Waals surface area contributed by atoms with Crippen LogP contribution in [0.25, 0.3) is 0 Å². The molecule has 136 valence electrons. The lowest BCUT2D eigenvalue weighted by Crippen LogP contribution is -2.22. The lowest BCUT2D eigenvalue weighted by atomic mass is 10.3. The number of hydrogen-bond donors (Lipinski definition) is 3. The van der Waals surface area contributed by atoms with Crippen LogP contribution < -0.4 is 15.4 Å². The number of alkyl halides is 3. The molecule has 1 aromatic carbocycles. The van der Waals surface area contributed by atoms with Crippen molar-refractivity contribution < 1.29 is 23.0 Å². The van der Waals surface area contributed by atoms with Crippen molar-refractivity contribution in [3.63, 3.8) is 0 Å². The van der Waals surface area contributed by atoms with Crippen molar-refractivity contribution in [2.45, 2.75) is 26.1 Å². The highest BCUT2D eigenvalue weighted by atomic mass is 19.4. The number of anilines is 3. The van der Waals surface area contributed by atoms with E-state index < -0.39 is 17.9 Å². The van der Waals surface area contributed by atoms with Gasteiger partial charge in [-0.05, 0) is 38.1 Å². The standard InChI is InChI=1S/C16H19F3N4O2/c1-3-25-12-6-4-11(5-7-12)21-14-8-13(16(17,18)19)22-15(23-14)20-10(2)9-24/h4-8,10,24H,3,9H2,1-2H3,(H2,20,21,22,23)/t10-/m0/s1. The molecule has 0 amide bonds. The molecule has 25 heavy (non-hydrogen) atoms. The van der Waals surface area contributed by atoms with Gasteiger partial charge in [0.05, 0.1) is 13.2 Å². The number of aliphatic hydroxyl groups is 1. The summed E-state index contributed by atoms with van der Waals surface area (Å²) in [6.45, 7) is 3.71. The number of aliphatic hydroxyl groups excluding tert-OH is 1. The number of ether oxygens (including phenoxy) is 1. The summed E-state index contributed by atoms with van der Waals surface area (Å²) in [5.74, 6) is 0.426. The van der Waals surface area contributed by atoms with Crippen LogP contribution in [0, 0.1) is 0 Å². The monoisotopic (exact) mass is 356 g/mol. The number of halogens is 3. The van der Waals surface area contributed by atoms with Gasteiger partial charge in [-0.15, -0.1) is 0 Å². The smallest absolute Gasteiger partial charge is 0.433 e. The Labute approximate surface area is 143 Å². The second-order valence-corrected chi connectivity index (χ2v) is 5.27. The van der Waals surface area contributed by atoms with Gasteiger partial charge in [0.15, 0.2) is 5.69 Å². The second kappa shape index (κ2) is 8.02. The van der Waals surface area contributed by atoms with Gasteiger partial charge in [-0.25, -0.2) is 4.98 Å². The third kappa shape index (κ3) is 5.49. The predicted octanol–water partition coefficient (Wildman–Crippen LogP) is 3.43. The fourth-order valence-corrected chi connectivity index (χ4v) is 1.94. The first kappa shape index (κ1) is 18.8. The molecular formula is C16H19F3N4O2. The van der Waals surface area contributed by atoms with E-state index in [1.807, 2.05) is 6.92 Å². The Morgan fingerprint density at radius 1 is 1.20 bits per heavy atom. The van der Waals surface area contributed by atoms with Crippen LogP contribution in [0.15, 0.2) is 30.3 Å². The summed E-state index contributed by atoms with van der Waals surface area (Å²) in [4.78, 5) is 7.47. The average Bonchev–Trinajstić information content (AvgIpc) is 2.56. The summed E-state index contributed by atoms with van der Waals surface area (Å²) in [6.07, 6.45) is -4.61. The van der Waals surface area contributed by atoms with Crippen molar-refractivity contribution in [2.24, 2.45) is 0 Å². The van der Waals surface area contributed by atoms with Crippen LogP contribution >= 0.6 is 0 Å². The minimum Gasteiger partial charge on any atom is -0.494 e. The molecule has 0 aliphatic carbocycles. The molecule has 0 aliphatic rings. The van der Waals surface area contributed by atoms with E-state index in [9.17, 15) is 13.2 Å². The molecule has 1 heterocycles. The third-order valence-electron chi connectivity index (χ3n) is 3.10. The van der Waals surface area contributed by atoms with E-state index in [-0.39, 0.29) is 18.4 Å². The molecule has 0 radical (unpaired) electrons. The number of rotatable bonds is 7. The summed E-state index contributed by atoms with van der Waals surface area (Å²) < 4.78 is 44.4. The molecule has 0 fully saturated rings. The van der Waals surface area contributed by atoms with Crippen molar-refractivity contribution in [3.05, 3.63) is 36.0 Å². The molecule has 1 aromatic heterocycles. The van der Waals surface area contributed by atoms with E-state index >= 15 is 0 Å². The summed E-state index contributed by atoms with van der Waals surface area (Å²) in [5, 5.41) is 14.5. The van der Waals surface area contributed by atoms with Crippen LogP contribution in [-0.2, 0) is 6.18 Å². The zero-order valence-electron chi connectivity index (χ0n) is 13.8. The molecule has 3 N–H and O–H groups in total. The Bertz CT molecular complexity index is 693. The van der Waals surface area contributed by atoms with Crippen molar-refractivity contribution in [2.75, 3.05) is 23.8 Å². The van der Waals surface area contributed by atoms with Gasteiger partial charge in [0.1, 0.15) is 11.6 Å².